The summed E-state index contributed by atoms with van der Waals surface area (Å²) in [6, 6.07) is 9.32. The van der Waals surface area contributed by atoms with E-state index in [0.717, 1.165) is 0 Å². The number of hydrogen-bond donors (Lipinski definition) is 2. The molecule has 0 saturated carbocycles. The second-order valence-corrected chi connectivity index (χ2v) is 4.19. The quantitative estimate of drug-likeness (QED) is 0.663. The molecule has 0 aliphatic rings. The third-order valence-electron chi connectivity index (χ3n) is 2.65. The Morgan fingerprint density at radius 2 is 1.78 bits per heavy atom. The molecule has 2 nitrogen and oxygen atoms in total. The van der Waals surface area contributed by atoms with Crippen LogP contribution in [0.1, 0.15) is 17.2 Å². The van der Waals surface area contributed by atoms with E-state index in [-0.39, 0.29) is 0 Å². The first kappa shape index (κ1) is 13.0. The van der Waals surface area contributed by atoms with Gasteiger partial charge in [0.1, 0.15) is 11.6 Å². The fraction of sp³-hybridized carbons (Fsp3) is 0.0769. The number of halogens is 3. The van der Waals surface area contributed by atoms with Gasteiger partial charge in [-0.1, -0.05) is 29.8 Å². The van der Waals surface area contributed by atoms with Crippen LogP contribution in [0.3, 0.4) is 0 Å². The van der Waals surface area contributed by atoms with Gasteiger partial charge in [0.15, 0.2) is 0 Å². The van der Waals surface area contributed by atoms with Crippen molar-refractivity contribution in [3.63, 3.8) is 0 Å². The second kappa shape index (κ2) is 5.44. The molecule has 2 rings (SSSR count). The molecule has 18 heavy (non-hydrogen) atoms. The highest BCUT2D eigenvalue weighted by Crippen LogP contribution is 2.29. The molecule has 0 bridgehead atoms. The van der Waals surface area contributed by atoms with Crippen molar-refractivity contribution in [1.82, 2.24) is 5.43 Å². The molecule has 0 saturated heterocycles. The minimum atomic E-state index is -0.700. The zero-order valence-electron chi connectivity index (χ0n) is 9.33. The summed E-state index contributed by atoms with van der Waals surface area (Å²) >= 11 is 5.99. The maximum Gasteiger partial charge on any atom is 0.128 e. The number of nitrogens with two attached hydrogens (primary N) is 1. The Balaban J connectivity index is 2.52. The Morgan fingerprint density at radius 1 is 1.06 bits per heavy atom. The largest absolute Gasteiger partial charge is 0.271 e. The molecule has 1 unspecified atom stereocenters. The highest BCUT2D eigenvalue weighted by atomic mass is 35.5. The minimum Gasteiger partial charge on any atom is -0.271 e. The molecule has 0 amide bonds. The third-order valence-corrected chi connectivity index (χ3v) is 3.00. The maximum absolute atomic E-state index is 13.7. The molecule has 0 aliphatic carbocycles. The Labute approximate surface area is 108 Å². The average molecular weight is 269 g/mol. The molecule has 2 aromatic rings. The van der Waals surface area contributed by atoms with Crippen molar-refractivity contribution < 1.29 is 8.78 Å². The van der Waals surface area contributed by atoms with Gasteiger partial charge in [0.2, 0.25) is 0 Å². The Morgan fingerprint density at radius 3 is 2.44 bits per heavy atom. The van der Waals surface area contributed by atoms with Crippen molar-refractivity contribution in [2.45, 2.75) is 6.04 Å². The lowest BCUT2D eigenvalue weighted by Crippen LogP contribution is -2.29. The monoisotopic (exact) mass is 268 g/mol. The van der Waals surface area contributed by atoms with Gasteiger partial charge in [-0.15, -0.1) is 0 Å². The summed E-state index contributed by atoms with van der Waals surface area (Å²) in [5.41, 5.74) is 3.16. The maximum atomic E-state index is 13.7. The van der Waals surface area contributed by atoms with Crippen LogP contribution < -0.4 is 11.3 Å². The van der Waals surface area contributed by atoms with Gasteiger partial charge in [-0.3, -0.25) is 5.84 Å². The molecule has 0 radical (unpaired) electrons. The van der Waals surface area contributed by atoms with Gasteiger partial charge in [-0.2, -0.15) is 0 Å². The molecular formula is C13H11ClF2N2. The lowest BCUT2D eigenvalue weighted by molar-refractivity contribution is 0.556. The van der Waals surface area contributed by atoms with Crippen molar-refractivity contribution in [3.05, 3.63) is 70.2 Å². The predicted octanol–water partition coefficient (Wildman–Crippen LogP) is 3.17. The molecule has 94 valence electrons. The van der Waals surface area contributed by atoms with E-state index in [1.165, 1.54) is 24.3 Å². The van der Waals surface area contributed by atoms with Gasteiger partial charge in [0, 0.05) is 10.6 Å². The highest BCUT2D eigenvalue weighted by Gasteiger charge is 2.19. The number of hydrazine groups is 1. The van der Waals surface area contributed by atoms with Crippen molar-refractivity contribution in [2.75, 3.05) is 0 Å². The summed E-state index contributed by atoms with van der Waals surface area (Å²) < 4.78 is 27.0. The number of benzene rings is 2. The van der Waals surface area contributed by atoms with Crippen LogP contribution in [-0.2, 0) is 0 Å². The van der Waals surface area contributed by atoms with E-state index in [0.29, 0.717) is 16.1 Å². The van der Waals surface area contributed by atoms with E-state index in [1.54, 1.807) is 18.2 Å². The second-order valence-electron chi connectivity index (χ2n) is 3.79. The van der Waals surface area contributed by atoms with E-state index >= 15 is 0 Å². The molecule has 0 aromatic heterocycles. The van der Waals surface area contributed by atoms with Gasteiger partial charge in [-0.25, -0.2) is 14.2 Å². The molecule has 1 atom stereocenters. The number of hydrogen-bond acceptors (Lipinski definition) is 2. The predicted molar refractivity (Wildman–Crippen MR) is 67.0 cm³/mol. The van der Waals surface area contributed by atoms with E-state index in [2.05, 4.69) is 5.43 Å². The summed E-state index contributed by atoms with van der Waals surface area (Å²) in [6.07, 6.45) is 0. The summed E-state index contributed by atoms with van der Waals surface area (Å²) in [6.45, 7) is 0. The van der Waals surface area contributed by atoms with Gasteiger partial charge in [0.05, 0.1) is 6.04 Å². The van der Waals surface area contributed by atoms with Crippen LogP contribution in [0, 0.1) is 11.6 Å². The Kier molecular flexibility index (Phi) is 3.91. The Hall–Kier alpha value is -1.49. The number of nitrogens with one attached hydrogen (secondary N) is 1. The van der Waals surface area contributed by atoms with Crippen molar-refractivity contribution >= 4 is 11.6 Å². The minimum absolute atomic E-state index is 0.312. The van der Waals surface area contributed by atoms with Crippen LogP contribution in [-0.4, -0.2) is 0 Å². The van der Waals surface area contributed by atoms with Crippen molar-refractivity contribution in [2.24, 2.45) is 5.84 Å². The smallest absolute Gasteiger partial charge is 0.128 e. The molecule has 0 aliphatic heterocycles. The summed E-state index contributed by atoms with van der Waals surface area (Å²) in [5.74, 6) is 4.54. The molecule has 0 fully saturated rings. The van der Waals surface area contributed by atoms with Crippen LogP contribution in [0.5, 0.6) is 0 Å². The van der Waals surface area contributed by atoms with Gasteiger partial charge in [0.25, 0.3) is 0 Å². The van der Waals surface area contributed by atoms with Crippen LogP contribution in [0.2, 0.25) is 5.02 Å². The van der Waals surface area contributed by atoms with Crippen LogP contribution in [0.15, 0.2) is 42.5 Å². The van der Waals surface area contributed by atoms with Crippen LogP contribution in [0.4, 0.5) is 8.78 Å². The first-order chi connectivity index (χ1) is 8.63. The zero-order chi connectivity index (χ0) is 13.1. The first-order valence-corrected chi connectivity index (χ1v) is 5.66. The fourth-order valence-corrected chi connectivity index (χ4v) is 2.02. The van der Waals surface area contributed by atoms with E-state index in [4.69, 9.17) is 17.4 Å². The van der Waals surface area contributed by atoms with Crippen molar-refractivity contribution in [1.29, 1.82) is 0 Å². The lowest BCUT2D eigenvalue weighted by atomic mass is 9.98. The van der Waals surface area contributed by atoms with E-state index < -0.39 is 17.7 Å². The van der Waals surface area contributed by atoms with Crippen molar-refractivity contribution in [3.8, 4) is 0 Å². The highest BCUT2D eigenvalue weighted by molar-refractivity contribution is 6.31. The zero-order valence-corrected chi connectivity index (χ0v) is 10.1. The molecule has 2 aromatic carbocycles. The molecular weight excluding hydrogens is 258 g/mol. The van der Waals surface area contributed by atoms with Gasteiger partial charge < -0.3 is 0 Å². The van der Waals surface area contributed by atoms with E-state index in [1.807, 2.05) is 0 Å². The van der Waals surface area contributed by atoms with Crippen LogP contribution in [0.25, 0.3) is 0 Å². The number of rotatable bonds is 3. The lowest BCUT2D eigenvalue weighted by Gasteiger charge is -2.18. The third kappa shape index (κ3) is 2.51. The molecule has 3 N–H and O–H groups in total. The average Bonchev–Trinajstić information content (AvgIpc) is 2.36. The van der Waals surface area contributed by atoms with Crippen LogP contribution >= 0.6 is 11.6 Å². The molecule has 0 heterocycles. The fourth-order valence-electron chi connectivity index (χ4n) is 1.79. The summed E-state index contributed by atoms with van der Waals surface area (Å²) in [4.78, 5) is 0. The standard InChI is InChI=1S/C13H11ClF2N2/c14-11-6-5-8(15)7-10(11)13(18-17)9-3-1-2-4-12(9)16/h1-7,13,18H,17H2. The molecule has 5 heteroatoms. The normalized spacial score (nSPS) is 12.4. The summed E-state index contributed by atoms with van der Waals surface area (Å²) in [5, 5.41) is 0.322. The molecule has 0 spiro atoms. The van der Waals surface area contributed by atoms with Gasteiger partial charge in [-0.05, 0) is 29.8 Å². The first-order valence-electron chi connectivity index (χ1n) is 5.29. The SMILES string of the molecule is NNC(c1ccccc1F)c1cc(F)ccc1Cl. The Bertz CT molecular complexity index is 560. The van der Waals surface area contributed by atoms with Gasteiger partial charge >= 0.3 is 0 Å². The topological polar surface area (TPSA) is 38.0 Å². The van der Waals surface area contributed by atoms with E-state index in [9.17, 15) is 8.78 Å². The summed E-state index contributed by atoms with van der Waals surface area (Å²) in [7, 11) is 0.